The summed E-state index contributed by atoms with van der Waals surface area (Å²) in [6, 6.07) is 0.297. The minimum absolute atomic E-state index is 0.171. The van der Waals surface area contributed by atoms with Crippen LogP contribution in [0, 0.1) is 17.8 Å². The Hall–Kier alpha value is -2.39. The fourth-order valence-corrected chi connectivity index (χ4v) is 3.01. The lowest BCUT2D eigenvalue weighted by atomic mass is 9.93. The lowest BCUT2D eigenvalue weighted by molar-refractivity contribution is 0.126. The lowest BCUT2D eigenvalue weighted by Crippen LogP contribution is -2.28. The smallest absolute Gasteiger partial charge is 0.223 e. The number of nitrogens with one attached hydrogen (secondary N) is 1. The maximum Gasteiger partial charge on any atom is 0.223 e. The van der Waals surface area contributed by atoms with Gasteiger partial charge in [-0.05, 0) is 38.5 Å². The largest absolute Gasteiger partial charge is 0.393 e. The number of nitrogen functional groups attached to an aromatic ring is 1. The van der Waals surface area contributed by atoms with Crippen molar-refractivity contribution in [2.75, 3.05) is 11.1 Å². The summed E-state index contributed by atoms with van der Waals surface area (Å²) >= 11 is 0. The lowest BCUT2D eigenvalue weighted by Gasteiger charge is -2.26. The van der Waals surface area contributed by atoms with Crippen LogP contribution in [-0.2, 0) is 0 Å². The first-order valence-corrected chi connectivity index (χ1v) is 8.56. The summed E-state index contributed by atoms with van der Waals surface area (Å²) in [6.45, 7) is 0. The zero-order valence-corrected chi connectivity index (χ0v) is 13.5. The van der Waals surface area contributed by atoms with E-state index in [1.807, 2.05) is 0 Å². The molecule has 0 bridgehead atoms. The van der Waals surface area contributed by atoms with Crippen molar-refractivity contribution in [3.05, 3.63) is 18.0 Å². The van der Waals surface area contributed by atoms with Gasteiger partial charge in [0.2, 0.25) is 5.95 Å². The highest BCUT2D eigenvalue weighted by Crippen LogP contribution is 2.28. The van der Waals surface area contributed by atoms with Crippen molar-refractivity contribution in [2.45, 2.75) is 50.7 Å². The Bertz CT molecular complexity index is 813. The van der Waals surface area contributed by atoms with Crippen LogP contribution in [0.3, 0.4) is 0 Å². The van der Waals surface area contributed by atoms with Crippen molar-refractivity contribution in [2.24, 2.45) is 5.92 Å². The van der Waals surface area contributed by atoms with E-state index in [2.05, 4.69) is 32.1 Å². The summed E-state index contributed by atoms with van der Waals surface area (Å²) < 4.78 is 0. The molecule has 2 aliphatic carbocycles. The number of pyridine rings is 1. The first kappa shape index (κ1) is 15.2. The minimum Gasteiger partial charge on any atom is -0.393 e. The molecule has 0 saturated heterocycles. The second-order valence-electron chi connectivity index (χ2n) is 6.71. The third kappa shape index (κ3) is 3.26. The number of hydrogen-bond acceptors (Lipinski definition) is 6. The predicted octanol–water partition coefficient (Wildman–Crippen LogP) is 2.08. The van der Waals surface area contributed by atoms with Gasteiger partial charge in [0.1, 0.15) is 5.82 Å². The Morgan fingerprint density at radius 2 is 1.88 bits per heavy atom. The molecule has 6 heteroatoms. The van der Waals surface area contributed by atoms with Crippen LogP contribution in [0.1, 0.15) is 44.1 Å². The summed E-state index contributed by atoms with van der Waals surface area (Å²) in [4.78, 5) is 13.2. The Morgan fingerprint density at radius 3 is 2.62 bits per heavy atom. The predicted molar refractivity (Wildman–Crippen MR) is 93.2 cm³/mol. The summed E-state index contributed by atoms with van der Waals surface area (Å²) in [5.74, 6) is 7.98. The van der Waals surface area contributed by atoms with Gasteiger partial charge in [0.05, 0.1) is 22.6 Å². The molecule has 0 aromatic carbocycles. The molecular weight excluding hydrogens is 302 g/mol. The maximum atomic E-state index is 9.62. The van der Waals surface area contributed by atoms with Crippen LogP contribution in [0.4, 0.5) is 11.8 Å². The average molecular weight is 323 g/mol. The Balaban J connectivity index is 1.63. The van der Waals surface area contributed by atoms with Crippen LogP contribution >= 0.6 is 0 Å². The van der Waals surface area contributed by atoms with Crippen molar-refractivity contribution < 1.29 is 5.11 Å². The van der Waals surface area contributed by atoms with E-state index in [1.165, 1.54) is 12.8 Å². The molecule has 124 valence electrons. The zero-order valence-electron chi connectivity index (χ0n) is 13.5. The van der Waals surface area contributed by atoms with Crippen LogP contribution in [-0.4, -0.2) is 32.2 Å². The summed E-state index contributed by atoms with van der Waals surface area (Å²) in [6.07, 6.45) is 9.10. The van der Waals surface area contributed by atoms with Gasteiger partial charge in [-0.15, -0.1) is 0 Å². The van der Waals surface area contributed by atoms with Crippen molar-refractivity contribution >= 4 is 22.7 Å². The molecule has 0 radical (unpaired) electrons. The molecule has 0 atom stereocenters. The summed E-state index contributed by atoms with van der Waals surface area (Å²) in [7, 11) is 0. The van der Waals surface area contributed by atoms with Gasteiger partial charge in [0, 0.05) is 24.4 Å². The quantitative estimate of drug-likeness (QED) is 0.732. The van der Waals surface area contributed by atoms with Gasteiger partial charge >= 0.3 is 0 Å². The van der Waals surface area contributed by atoms with Crippen molar-refractivity contribution in [3.8, 4) is 11.8 Å². The molecule has 2 aromatic heterocycles. The first-order chi connectivity index (χ1) is 11.7. The second kappa shape index (κ2) is 6.25. The molecule has 0 aliphatic heterocycles. The highest BCUT2D eigenvalue weighted by atomic mass is 16.3. The fourth-order valence-electron chi connectivity index (χ4n) is 3.01. The summed E-state index contributed by atoms with van der Waals surface area (Å²) in [5.41, 5.74) is 7.51. The Kier molecular flexibility index (Phi) is 3.95. The minimum atomic E-state index is -0.171. The Labute approximate surface area is 140 Å². The van der Waals surface area contributed by atoms with E-state index >= 15 is 0 Å². The second-order valence-corrected chi connectivity index (χ2v) is 6.71. The standard InChI is InChI=1S/C18H21N5O/c19-17-15-10-21-18(22-13-5-7-14(24)8-6-13)23-16(15)12(9-20-17)4-3-11-1-2-11/h9-11,13-14,24H,1-2,5-8H2,(H2,19,20)(H,21,22,23). The normalized spacial score (nSPS) is 23.5. The van der Waals surface area contributed by atoms with E-state index in [9.17, 15) is 5.11 Å². The van der Waals surface area contributed by atoms with E-state index < -0.39 is 0 Å². The maximum absolute atomic E-state index is 9.62. The number of aliphatic hydroxyl groups excluding tert-OH is 1. The summed E-state index contributed by atoms with van der Waals surface area (Å²) in [5, 5.41) is 13.7. The molecule has 0 amide bonds. The molecule has 0 spiro atoms. The molecule has 2 aromatic rings. The molecule has 0 unspecified atom stereocenters. The average Bonchev–Trinajstić information content (AvgIpc) is 3.41. The molecule has 6 nitrogen and oxygen atoms in total. The molecule has 2 aliphatic rings. The SMILES string of the molecule is Nc1ncc(C#CC2CC2)c2nc(NC3CCC(O)CC3)ncc12. The molecular formula is C18H21N5O. The van der Waals surface area contributed by atoms with Gasteiger partial charge in [-0.2, -0.15) is 0 Å². The number of hydrogen-bond donors (Lipinski definition) is 3. The van der Waals surface area contributed by atoms with Crippen molar-refractivity contribution in [1.29, 1.82) is 0 Å². The highest BCUT2D eigenvalue weighted by Gasteiger charge is 2.20. The van der Waals surface area contributed by atoms with E-state index in [1.54, 1.807) is 12.4 Å². The van der Waals surface area contributed by atoms with Crippen molar-refractivity contribution in [3.63, 3.8) is 0 Å². The van der Waals surface area contributed by atoms with Crippen LogP contribution in [0.15, 0.2) is 12.4 Å². The fraction of sp³-hybridized carbons (Fsp3) is 0.500. The monoisotopic (exact) mass is 323 g/mol. The molecule has 2 fully saturated rings. The molecule has 4 N–H and O–H groups in total. The topological polar surface area (TPSA) is 97.0 Å². The van der Waals surface area contributed by atoms with Gasteiger partial charge in [-0.3, -0.25) is 0 Å². The van der Waals surface area contributed by atoms with Crippen LogP contribution in [0.2, 0.25) is 0 Å². The number of aromatic nitrogens is 3. The van der Waals surface area contributed by atoms with E-state index in [-0.39, 0.29) is 6.10 Å². The number of aliphatic hydroxyl groups is 1. The molecule has 24 heavy (non-hydrogen) atoms. The van der Waals surface area contributed by atoms with Crippen LogP contribution < -0.4 is 11.1 Å². The molecule has 4 rings (SSSR count). The van der Waals surface area contributed by atoms with Gasteiger partial charge in [-0.25, -0.2) is 15.0 Å². The molecule has 2 heterocycles. The number of anilines is 2. The van der Waals surface area contributed by atoms with E-state index in [0.717, 1.165) is 42.1 Å². The highest BCUT2D eigenvalue weighted by molar-refractivity contribution is 5.91. The third-order valence-corrected chi connectivity index (χ3v) is 4.67. The van der Waals surface area contributed by atoms with E-state index in [4.69, 9.17) is 5.73 Å². The number of nitrogens with two attached hydrogens (primary N) is 1. The Morgan fingerprint density at radius 1 is 1.08 bits per heavy atom. The third-order valence-electron chi connectivity index (χ3n) is 4.67. The zero-order chi connectivity index (χ0) is 16.5. The van der Waals surface area contributed by atoms with Gasteiger partial charge in [0.15, 0.2) is 0 Å². The van der Waals surface area contributed by atoms with Crippen molar-refractivity contribution in [1.82, 2.24) is 15.0 Å². The van der Waals surface area contributed by atoms with Crippen LogP contribution in [0.25, 0.3) is 10.9 Å². The number of rotatable bonds is 2. The van der Waals surface area contributed by atoms with Gasteiger partial charge < -0.3 is 16.2 Å². The number of nitrogens with zero attached hydrogens (tertiary/aromatic N) is 3. The van der Waals surface area contributed by atoms with Crippen LogP contribution in [0.5, 0.6) is 0 Å². The van der Waals surface area contributed by atoms with Gasteiger partial charge in [0.25, 0.3) is 0 Å². The first-order valence-electron chi connectivity index (χ1n) is 8.56. The molecule has 2 saturated carbocycles. The van der Waals surface area contributed by atoms with Gasteiger partial charge in [-0.1, -0.05) is 11.8 Å². The number of fused-ring (bicyclic) bond motifs is 1. The van der Waals surface area contributed by atoms with E-state index in [0.29, 0.717) is 23.7 Å².